The first-order valence-electron chi connectivity index (χ1n) is 5.63. The summed E-state index contributed by atoms with van der Waals surface area (Å²) < 4.78 is 10.4. The molecule has 0 saturated carbocycles. The molecule has 3 N–H and O–H groups in total. The second-order valence-corrected chi connectivity index (χ2v) is 3.99. The Morgan fingerprint density at radius 1 is 1.44 bits per heavy atom. The highest BCUT2D eigenvalue weighted by molar-refractivity contribution is 5.52. The molecule has 6 heteroatoms. The summed E-state index contributed by atoms with van der Waals surface area (Å²) >= 11 is 0. The van der Waals surface area contributed by atoms with E-state index < -0.39 is 0 Å². The fourth-order valence-electron chi connectivity index (χ4n) is 1.50. The Morgan fingerprint density at radius 2 is 2.28 bits per heavy atom. The Labute approximate surface area is 105 Å². The lowest BCUT2D eigenvalue weighted by atomic mass is 10.2. The molecule has 1 atom stereocenters. The van der Waals surface area contributed by atoms with E-state index in [0.29, 0.717) is 18.5 Å². The molecular formula is C12H16N4O2. The van der Waals surface area contributed by atoms with E-state index >= 15 is 0 Å². The molecule has 1 aromatic heterocycles. The smallest absolute Gasteiger partial charge is 0.320 e. The second kappa shape index (κ2) is 5.61. The van der Waals surface area contributed by atoms with Crippen LogP contribution in [0.1, 0.15) is 24.4 Å². The zero-order chi connectivity index (χ0) is 13.0. The third-order valence-electron chi connectivity index (χ3n) is 2.32. The first-order valence-corrected chi connectivity index (χ1v) is 5.63. The number of nitrogens with zero attached hydrogens (tertiary/aromatic N) is 2. The van der Waals surface area contributed by atoms with E-state index in [0.717, 1.165) is 11.3 Å². The van der Waals surface area contributed by atoms with Crippen molar-refractivity contribution in [3.05, 3.63) is 35.7 Å². The van der Waals surface area contributed by atoms with Crippen molar-refractivity contribution in [3.8, 4) is 0 Å². The predicted molar refractivity (Wildman–Crippen MR) is 67.3 cm³/mol. The molecule has 2 rings (SSSR count). The number of methoxy groups -OCH3 is 1. The zero-order valence-electron chi connectivity index (χ0n) is 10.4. The molecule has 0 aliphatic rings. The number of rotatable bonds is 5. The molecule has 0 aliphatic carbocycles. The molecule has 96 valence electrons. The van der Waals surface area contributed by atoms with Gasteiger partial charge in [0.2, 0.25) is 5.89 Å². The quantitative estimate of drug-likeness (QED) is 0.841. The highest BCUT2D eigenvalue weighted by atomic mass is 16.5. The summed E-state index contributed by atoms with van der Waals surface area (Å²) in [6.45, 7) is 2.35. The normalized spacial score (nSPS) is 12.4. The molecule has 1 heterocycles. The van der Waals surface area contributed by atoms with Crippen molar-refractivity contribution in [2.75, 3.05) is 12.4 Å². The van der Waals surface area contributed by atoms with Gasteiger partial charge >= 0.3 is 6.01 Å². The maximum absolute atomic E-state index is 5.64. The van der Waals surface area contributed by atoms with E-state index in [1.807, 2.05) is 24.3 Å². The van der Waals surface area contributed by atoms with Gasteiger partial charge in [0.25, 0.3) is 0 Å². The average Bonchev–Trinajstić information content (AvgIpc) is 2.78. The van der Waals surface area contributed by atoms with Gasteiger partial charge in [-0.1, -0.05) is 17.2 Å². The van der Waals surface area contributed by atoms with Crippen molar-refractivity contribution < 1.29 is 9.15 Å². The Morgan fingerprint density at radius 3 is 2.94 bits per heavy atom. The van der Waals surface area contributed by atoms with E-state index in [1.54, 1.807) is 14.0 Å². The molecular weight excluding hydrogens is 232 g/mol. The number of nitrogens with two attached hydrogens (primary N) is 1. The van der Waals surface area contributed by atoms with Gasteiger partial charge in [0, 0.05) is 12.8 Å². The molecule has 0 aliphatic heterocycles. The van der Waals surface area contributed by atoms with Crippen LogP contribution < -0.4 is 11.1 Å². The van der Waals surface area contributed by atoms with Gasteiger partial charge in [-0.05, 0) is 24.6 Å². The molecule has 2 aromatic rings. The van der Waals surface area contributed by atoms with E-state index in [2.05, 4.69) is 15.5 Å². The van der Waals surface area contributed by atoms with Crippen LogP contribution in [0, 0.1) is 0 Å². The monoisotopic (exact) mass is 248 g/mol. The Hall–Kier alpha value is -1.92. The van der Waals surface area contributed by atoms with Gasteiger partial charge < -0.3 is 20.2 Å². The zero-order valence-corrected chi connectivity index (χ0v) is 10.4. The highest BCUT2D eigenvalue weighted by Gasteiger charge is 2.09. The number of nitrogens with one attached hydrogen (secondary N) is 1. The lowest BCUT2D eigenvalue weighted by Gasteiger charge is -2.04. The topological polar surface area (TPSA) is 86.2 Å². The second-order valence-electron chi connectivity index (χ2n) is 3.99. The van der Waals surface area contributed by atoms with Crippen LogP contribution >= 0.6 is 0 Å². The first kappa shape index (κ1) is 12.5. The van der Waals surface area contributed by atoms with Crippen molar-refractivity contribution in [1.29, 1.82) is 0 Å². The molecule has 0 amide bonds. The van der Waals surface area contributed by atoms with Gasteiger partial charge in [-0.3, -0.25) is 0 Å². The van der Waals surface area contributed by atoms with Crippen LogP contribution in [0.2, 0.25) is 0 Å². The summed E-state index contributed by atoms with van der Waals surface area (Å²) in [4.78, 5) is 0. The summed E-state index contributed by atoms with van der Waals surface area (Å²) in [5.41, 5.74) is 7.57. The fourth-order valence-corrected chi connectivity index (χ4v) is 1.50. The van der Waals surface area contributed by atoms with Gasteiger partial charge in [-0.25, -0.2) is 0 Å². The summed E-state index contributed by atoms with van der Waals surface area (Å²) in [5, 5.41) is 10.7. The molecule has 0 saturated heterocycles. The minimum atomic E-state index is -0.270. The summed E-state index contributed by atoms with van der Waals surface area (Å²) in [6, 6.07) is 7.84. The van der Waals surface area contributed by atoms with Gasteiger partial charge in [0.1, 0.15) is 0 Å². The molecule has 1 unspecified atom stereocenters. The molecule has 18 heavy (non-hydrogen) atoms. The molecule has 0 bridgehead atoms. The highest BCUT2D eigenvalue weighted by Crippen LogP contribution is 2.18. The van der Waals surface area contributed by atoms with Crippen LogP contribution in [0.15, 0.2) is 28.7 Å². The number of aromatic nitrogens is 2. The number of anilines is 2. The van der Waals surface area contributed by atoms with Crippen molar-refractivity contribution in [2.24, 2.45) is 5.73 Å². The minimum Gasteiger partial charge on any atom is -0.406 e. The van der Waals surface area contributed by atoms with E-state index in [1.165, 1.54) is 0 Å². The molecule has 6 nitrogen and oxygen atoms in total. The predicted octanol–water partition coefficient (Wildman–Crippen LogP) is 1.98. The summed E-state index contributed by atoms with van der Waals surface area (Å²) in [7, 11) is 1.66. The van der Waals surface area contributed by atoms with E-state index in [-0.39, 0.29) is 6.04 Å². The van der Waals surface area contributed by atoms with Crippen molar-refractivity contribution in [3.63, 3.8) is 0 Å². The summed E-state index contributed by atoms with van der Waals surface area (Å²) in [5.74, 6) is 0.408. The Bertz CT molecular complexity index is 510. The first-order chi connectivity index (χ1) is 8.69. The third-order valence-corrected chi connectivity index (χ3v) is 2.32. The molecule has 0 radical (unpaired) electrons. The van der Waals surface area contributed by atoms with Gasteiger partial charge in [-0.15, -0.1) is 5.10 Å². The standard InChI is InChI=1S/C12H16N4O2/c1-8(13)11-15-16-12(18-11)14-10-5-3-4-9(6-10)7-17-2/h3-6,8H,7,13H2,1-2H3,(H,14,16). The molecule has 1 aromatic carbocycles. The van der Waals surface area contributed by atoms with Crippen LogP contribution in [0.5, 0.6) is 0 Å². The summed E-state index contributed by atoms with van der Waals surface area (Å²) in [6.07, 6.45) is 0. The van der Waals surface area contributed by atoms with Crippen LogP contribution in [-0.4, -0.2) is 17.3 Å². The molecule has 0 spiro atoms. The number of ether oxygens (including phenoxy) is 1. The SMILES string of the molecule is COCc1cccc(Nc2nnc(C(C)N)o2)c1. The number of benzene rings is 1. The van der Waals surface area contributed by atoms with Crippen molar-refractivity contribution in [2.45, 2.75) is 19.6 Å². The lowest BCUT2D eigenvalue weighted by Crippen LogP contribution is -2.04. The van der Waals surface area contributed by atoms with Crippen LogP contribution in [0.4, 0.5) is 11.7 Å². The van der Waals surface area contributed by atoms with Crippen LogP contribution in [0.25, 0.3) is 0 Å². The van der Waals surface area contributed by atoms with Crippen molar-refractivity contribution >= 4 is 11.7 Å². The van der Waals surface area contributed by atoms with E-state index in [4.69, 9.17) is 14.9 Å². The average molecular weight is 248 g/mol. The maximum atomic E-state index is 5.64. The van der Waals surface area contributed by atoms with E-state index in [9.17, 15) is 0 Å². The minimum absolute atomic E-state index is 0.270. The lowest BCUT2D eigenvalue weighted by molar-refractivity contribution is 0.185. The Kier molecular flexibility index (Phi) is 3.91. The van der Waals surface area contributed by atoms with Gasteiger partial charge in [0.15, 0.2) is 0 Å². The van der Waals surface area contributed by atoms with Crippen LogP contribution in [-0.2, 0) is 11.3 Å². The molecule has 0 fully saturated rings. The number of hydrogen-bond donors (Lipinski definition) is 2. The third kappa shape index (κ3) is 3.06. The van der Waals surface area contributed by atoms with Crippen molar-refractivity contribution in [1.82, 2.24) is 10.2 Å². The fraction of sp³-hybridized carbons (Fsp3) is 0.333. The van der Waals surface area contributed by atoms with Crippen LogP contribution in [0.3, 0.4) is 0 Å². The van der Waals surface area contributed by atoms with Gasteiger partial charge in [-0.2, -0.15) is 0 Å². The Balaban J connectivity index is 2.10. The maximum Gasteiger partial charge on any atom is 0.320 e. The van der Waals surface area contributed by atoms with Gasteiger partial charge in [0.05, 0.1) is 12.6 Å². The number of hydrogen-bond acceptors (Lipinski definition) is 6. The largest absolute Gasteiger partial charge is 0.406 e.